The zero-order valence-electron chi connectivity index (χ0n) is 20.7. The molecule has 10 heteroatoms. The number of hydrogen-bond acceptors (Lipinski definition) is 5. The summed E-state index contributed by atoms with van der Waals surface area (Å²) >= 11 is 12.7. The lowest BCUT2D eigenvalue weighted by Crippen LogP contribution is -2.31. The van der Waals surface area contributed by atoms with Crippen LogP contribution in [0.1, 0.15) is 36.7 Å². The number of hydrogen-bond donors (Lipinski definition) is 2. The molecule has 196 valence electrons. The molecule has 4 rings (SSSR count). The molecule has 0 spiro atoms. The molecular weight excluding hydrogens is 518 g/mol. The van der Waals surface area contributed by atoms with Crippen molar-refractivity contribution in [3.05, 3.63) is 63.7 Å². The van der Waals surface area contributed by atoms with Crippen molar-refractivity contribution in [3.63, 3.8) is 0 Å². The molecule has 0 bridgehead atoms. The Morgan fingerprint density at radius 3 is 2.76 bits per heavy atom. The fraction of sp³-hybridized carbons (Fsp3) is 0.370. The quantitative estimate of drug-likeness (QED) is 0.506. The van der Waals surface area contributed by atoms with E-state index >= 15 is 0 Å². The minimum Gasteiger partial charge on any atom is -0.395 e. The van der Waals surface area contributed by atoms with E-state index in [1.165, 1.54) is 17.2 Å². The van der Waals surface area contributed by atoms with E-state index in [1.54, 1.807) is 19.2 Å². The van der Waals surface area contributed by atoms with Crippen LogP contribution in [0.5, 0.6) is 0 Å². The van der Waals surface area contributed by atoms with Crippen molar-refractivity contribution in [2.75, 3.05) is 43.1 Å². The highest BCUT2D eigenvalue weighted by Gasteiger charge is 2.29. The van der Waals surface area contributed by atoms with Gasteiger partial charge in [-0.2, -0.15) is 0 Å². The summed E-state index contributed by atoms with van der Waals surface area (Å²) in [5.41, 5.74) is 2.83. The van der Waals surface area contributed by atoms with Gasteiger partial charge in [0, 0.05) is 43.5 Å². The fourth-order valence-electron chi connectivity index (χ4n) is 4.60. The van der Waals surface area contributed by atoms with Gasteiger partial charge in [0.25, 0.3) is 11.8 Å². The maximum Gasteiger partial charge on any atom is 0.269 e. The molecule has 2 amide bonds. The maximum atomic E-state index is 14.6. The van der Waals surface area contributed by atoms with Crippen LogP contribution in [0.3, 0.4) is 0 Å². The Balaban J connectivity index is 1.75. The van der Waals surface area contributed by atoms with Gasteiger partial charge in [0.15, 0.2) is 0 Å². The van der Waals surface area contributed by atoms with E-state index in [0.29, 0.717) is 35.0 Å². The fourth-order valence-corrected chi connectivity index (χ4v) is 5.10. The average molecular weight is 547 g/mol. The standard InChI is InChI=1S/C27H29Cl2FN4O3/c1-16-8-10-34(15-16)24-12-17(18-13-22(32-14-20(18)29)26(36)31-9-11-35)6-7-23(24)33(2)27(37)25-19(28)4-3-5-21(25)30/h5-7,12-14,16,35H,3-4,8-11,15H2,1-2H3,(H,31,36). The largest absolute Gasteiger partial charge is 0.395 e. The molecule has 1 fully saturated rings. The molecule has 2 heterocycles. The molecule has 1 atom stereocenters. The molecule has 7 nitrogen and oxygen atoms in total. The first-order valence-electron chi connectivity index (χ1n) is 12.2. The maximum absolute atomic E-state index is 14.6. The minimum absolute atomic E-state index is 0.101. The van der Waals surface area contributed by atoms with Crippen molar-refractivity contribution in [2.24, 2.45) is 5.92 Å². The Morgan fingerprint density at radius 2 is 2.08 bits per heavy atom. The number of amides is 2. The van der Waals surface area contributed by atoms with Gasteiger partial charge in [-0.1, -0.05) is 36.2 Å². The number of rotatable bonds is 7. The lowest BCUT2D eigenvalue weighted by molar-refractivity contribution is -0.114. The number of aliphatic hydroxyl groups is 1. The highest BCUT2D eigenvalue weighted by Crippen LogP contribution is 2.40. The highest BCUT2D eigenvalue weighted by molar-refractivity contribution is 6.34. The summed E-state index contributed by atoms with van der Waals surface area (Å²) in [5.74, 6) is -1.06. The van der Waals surface area contributed by atoms with E-state index in [-0.39, 0.29) is 29.5 Å². The summed E-state index contributed by atoms with van der Waals surface area (Å²) in [7, 11) is 1.61. The molecule has 0 saturated carbocycles. The molecule has 2 aliphatic rings. The number of anilines is 2. The van der Waals surface area contributed by atoms with Crippen molar-refractivity contribution in [1.29, 1.82) is 0 Å². The second kappa shape index (κ2) is 11.6. The topological polar surface area (TPSA) is 85.8 Å². The van der Waals surface area contributed by atoms with E-state index in [9.17, 15) is 14.0 Å². The van der Waals surface area contributed by atoms with Crippen LogP contribution < -0.4 is 15.1 Å². The molecule has 0 radical (unpaired) electrons. The Hall–Kier alpha value is -2.94. The highest BCUT2D eigenvalue weighted by atomic mass is 35.5. The molecule has 1 aliphatic heterocycles. The molecule has 2 N–H and O–H groups in total. The molecule has 2 aromatic rings. The average Bonchev–Trinajstić information content (AvgIpc) is 3.32. The molecule has 1 aromatic carbocycles. The van der Waals surface area contributed by atoms with Gasteiger partial charge < -0.3 is 20.2 Å². The zero-order chi connectivity index (χ0) is 26.7. The second-order valence-electron chi connectivity index (χ2n) is 9.31. The SMILES string of the molecule is CC1CCN(c2cc(-c3cc(C(=O)NCCO)ncc3Cl)ccc2N(C)C(=O)C2=C(Cl)CCC=C2F)C1. The molecule has 1 unspecified atom stereocenters. The Labute approximate surface area is 225 Å². The first-order valence-corrected chi connectivity index (χ1v) is 12.9. The van der Waals surface area contributed by atoms with E-state index in [4.69, 9.17) is 28.3 Å². The number of aliphatic hydroxyl groups excluding tert-OH is 1. The summed E-state index contributed by atoms with van der Waals surface area (Å²) in [6, 6.07) is 7.13. The van der Waals surface area contributed by atoms with Gasteiger partial charge in [0.2, 0.25) is 0 Å². The predicted molar refractivity (Wildman–Crippen MR) is 145 cm³/mol. The van der Waals surface area contributed by atoms with Crippen molar-refractivity contribution in [2.45, 2.75) is 26.2 Å². The molecule has 1 aliphatic carbocycles. The summed E-state index contributed by atoms with van der Waals surface area (Å²) in [4.78, 5) is 33.5. The van der Waals surface area contributed by atoms with Gasteiger partial charge in [-0.05, 0) is 55.0 Å². The van der Waals surface area contributed by atoms with Gasteiger partial charge in [0.1, 0.15) is 11.5 Å². The molecule has 1 aromatic heterocycles. The van der Waals surface area contributed by atoms with Gasteiger partial charge in [-0.3, -0.25) is 9.59 Å². The second-order valence-corrected chi connectivity index (χ2v) is 10.2. The summed E-state index contributed by atoms with van der Waals surface area (Å²) in [5, 5.41) is 12.2. The van der Waals surface area contributed by atoms with Crippen LogP contribution in [0, 0.1) is 5.92 Å². The van der Waals surface area contributed by atoms with E-state index in [0.717, 1.165) is 30.8 Å². The number of likely N-dealkylation sites (N-methyl/N-ethyl adjacent to an activating group) is 1. The summed E-state index contributed by atoms with van der Waals surface area (Å²) in [6.07, 6.45) is 4.69. The van der Waals surface area contributed by atoms with E-state index < -0.39 is 17.6 Å². The number of nitrogens with one attached hydrogen (secondary N) is 1. The number of aromatic nitrogens is 1. The lowest BCUT2D eigenvalue weighted by atomic mass is 10.0. The predicted octanol–water partition coefficient (Wildman–Crippen LogP) is 5.07. The van der Waals surface area contributed by atoms with Gasteiger partial charge in [0.05, 0.1) is 28.6 Å². The van der Waals surface area contributed by atoms with E-state index in [2.05, 4.69) is 22.1 Å². The lowest BCUT2D eigenvalue weighted by Gasteiger charge is -2.28. The van der Waals surface area contributed by atoms with Crippen LogP contribution in [0.25, 0.3) is 11.1 Å². The summed E-state index contributed by atoms with van der Waals surface area (Å²) < 4.78 is 14.6. The van der Waals surface area contributed by atoms with E-state index in [1.807, 2.05) is 12.1 Å². The van der Waals surface area contributed by atoms with Crippen LogP contribution in [0.15, 0.2) is 53.0 Å². The minimum atomic E-state index is -0.600. The number of pyridine rings is 1. The van der Waals surface area contributed by atoms with Gasteiger partial charge in [-0.15, -0.1) is 0 Å². The number of nitrogens with zero attached hydrogens (tertiary/aromatic N) is 3. The van der Waals surface area contributed by atoms with Gasteiger partial charge >= 0.3 is 0 Å². The van der Waals surface area contributed by atoms with Crippen LogP contribution in [-0.2, 0) is 4.79 Å². The molecular formula is C27H29Cl2FN4O3. The van der Waals surface area contributed by atoms with Crippen molar-refractivity contribution in [3.8, 4) is 11.1 Å². The van der Waals surface area contributed by atoms with Crippen LogP contribution in [-0.4, -0.2) is 55.2 Å². The monoisotopic (exact) mass is 546 g/mol. The van der Waals surface area contributed by atoms with Crippen LogP contribution in [0.4, 0.5) is 15.8 Å². The number of benzene rings is 1. The first-order chi connectivity index (χ1) is 17.7. The third-order valence-corrected chi connectivity index (χ3v) is 7.29. The van der Waals surface area contributed by atoms with Crippen molar-refractivity contribution >= 4 is 46.4 Å². The zero-order valence-corrected chi connectivity index (χ0v) is 22.2. The third kappa shape index (κ3) is 5.81. The number of carbonyl (C=O) groups excluding carboxylic acids is 2. The Kier molecular flexibility index (Phi) is 8.52. The molecule has 37 heavy (non-hydrogen) atoms. The summed E-state index contributed by atoms with van der Waals surface area (Å²) in [6.45, 7) is 3.70. The normalized spacial score (nSPS) is 17.6. The van der Waals surface area contributed by atoms with Crippen LogP contribution >= 0.6 is 23.2 Å². The van der Waals surface area contributed by atoms with Crippen molar-refractivity contribution < 1.29 is 19.1 Å². The van der Waals surface area contributed by atoms with Gasteiger partial charge in [-0.25, -0.2) is 9.37 Å². The smallest absolute Gasteiger partial charge is 0.269 e. The number of halogens is 3. The van der Waals surface area contributed by atoms with Crippen molar-refractivity contribution in [1.82, 2.24) is 10.3 Å². The molecule has 1 saturated heterocycles. The van der Waals surface area contributed by atoms with Crippen LogP contribution in [0.2, 0.25) is 5.02 Å². The Morgan fingerprint density at radius 1 is 1.30 bits per heavy atom. The first kappa shape index (κ1) is 27.1. The number of carbonyl (C=O) groups is 2. The number of allylic oxidation sites excluding steroid dienone is 2. The Bertz CT molecular complexity index is 1280. The third-order valence-electron chi connectivity index (χ3n) is 6.61.